The molecule has 0 unspecified atom stereocenters. The van der Waals surface area contributed by atoms with Gasteiger partial charge >= 0.3 is 0 Å². The van der Waals surface area contributed by atoms with Crippen LogP contribution in [0.2, 0.25) is 0 Å². The number of carbonyl (C=O) groups excluding carboxylic acids is 2. The average Bonchev–Trinajstić information content (AvgIpc) is 2.51. The quantitative estimate of drug-likeness (QED) is 0.534. The number of rotatable bonds is 8. The fraction of sp³-hybridized carbons (Fsp3) is 0.333. The molecule has 0 heterocycles. The first-order valence-electron chi connectivity index (χ1n) is 6.62. The highest BCUT2D eigenvalue weighted by Gasteiger charge is 2.04. The number of methoxy groups -OCH3 is 2. The number of nitrogens with one attached hydrogen (secondary N) is 2. The van der Waals surface area contributed by atoms with Gasteiger partial charge in [0.25, 0.3) is 0 Å². The molecule has 0 fully saturated rings. The lowest BCUT2D eigenvalue weighted by Gasteiger charge is -2.06. The van der Waals surface area contributed by atoms with Crippen molar-refractivity contribution < 1.29 is 19.1 Å². The van der Waals surface area contributed by atoms with Crippen LogP contribution in [0.5, 0.6) is 5.75 Å². The summed E-state index contributed by atoms with van der Waals surface area (Å²) < 4.78 is 10.9. The van der Waals surface area contributed by atoms with Crippen LogP contribution in [0.15, 0.2) is 28.7 Å². The van der Waals surface area contributed by atoms with E-state index in [0.717, 1.165) is 10.0 Å². The van der Waals surface area contributed by atoms with E-state index in [9.17, 15) is 9.59 Å². The van der Waals surface area contributed by atoms with Crippen LogP contribution in [0, 0.1) is 0 Å². The van der Waals surface area contributed by atoms with E-state index in [4.69, 9.17) is 9.47 Å². The van der Waals surface area contributed by atoms with Crippen molar-refractivity contribution in [2.75, 3.05) is 33.9 Å². The molecule has 120 valence electrons. The SMILES string of the molecule is COCCNC(=O)CNC(=O)/C=C/c1cc(Br)ccc1OC. The maximum atomic E-state index is 11.7. The lowest BCUT2D eigenvalue weighted by Crippen LogP contribution is -2.37. The minimum atomic E-state index is -0.357. The highest BCUT2D eigenvalue weighted by molar-refractivity contribution is 9.10. The lowest BCUT2D eigenvalue weighted by molar-refractivity contribution is -0.124. The molecule has 0 saturated heterocycles. The summed E-state index contributed by atoms with van der Waals surface area (Å²) in [5.74, 6) is 0.0346. The molecule has 0 radical (unpaired) electrons. The molecule has 7 heteroatoms. The van der Waals surface area contributed by atoms with Crippen LogP contribution in [-0.4, -0.2) is 45.7 Å². The summed E-state index contributed by atoms with van der Waals surface area (Å²) in [6.07, 6.45) is 2.98. The van der Waals surface area contributed by atoms with Crippen molar-refractivity contribution in [1.82, 2.24) is 10.6 Å². The number of ether oxygens (including phenoxy) is 2. The van der Waals surface area contributed by atoms with E-state index in [-0.39, 0.29) is 18.4 Å². The van der Waals surface area contributed by atoms with Crippen LogP contribution < -0.4 is 15.4 Å². The lowest BCUT2D eigenvalue weighted by atomic mass is 10.2. The van der Waals surface area contributed by atoms with Gasteiger partial charge in [-0.2, -0.15) is 0 Å². The summed E-state index contributed by atoms with van der Waals surface area (Å²) in [6.45, 7) is 0.765. The maximum absolute atomic E-state index is 11.7. The molecule has 0 spiro atoms. The van der Waals surface area contributed by atoms with Crippen molar-refractivity contribution in [2.45, 2.75) is 0 Å². The third-order valence-corrected chi connectivity index (χ3v) is 3.15. The molecule has 0 aliphatic carbocycles. The first-order chi connectivity index (χ1) is 10.6. The number of hydrogen-bond acceptors (Lipinski definition) is 4. The van der Waals surface area contributed by atoms with Crippen molar-refractivity contribution >= 4 is 33.8 Å². The Balaban J connectivity index is 2.48. The molecule has 0 atom stereocenters. The fourth-order valence-corrected chi connectivity index (χ4v) is 1.96. The van der Waals surface area contributed by atoms with E-state index >= 15 is 0 Å². The van der Waals surface area contributed by atoms with Gasteiger partial charge in [-0.25, -0.2) is 0 Å². The maximum Gasteiger partial charge on any atom is 0.244 e. The van der Waals surface area contributed by atoms with Crippen LogP contribution in [0.25, 0.3) is 6.08 Å². The molecule has 1 aromatic carbocycles. The largest absolute Gasteiger partial charge is 0.496 e. The zero-order chi connectivity index (χ0) is 16.4. The summed E-state index contributed by atoms with van der Waals surface area (Å²) in [7, 11) is 3.11. The molecular formula is C15H19BrN2O4. The molecule has 22 heavy (non-hydrogen) atoms. The molecular weight excluding hydrogens is 352 g/mol. The number of amides is 2. The van der Waals surface area contributed by atoms with Gasteiger partial charge in [0.15, 0.2) is 0 Å². The Morgan fingerprint density at radius 1 is 1.27 bits per heavy atom. The molecule has 0 saturated carbocycles. The van der Waals surface area contributed by atoms with Gasteiger partial charge in [0.2, 0.25) is 11.8 Å². The Morgan fingerprint density at radius 3 is 2.73 bits per heavy atom. The van der Waals surface area contributed by atoms with E-state index in [1.54, 1.807) is 26.4 Å². The minimum absolute atomic E-state index is 0.0808. The Kier molecular flexibility index (Phi) is 8.24. The normalized spacial score (nSPS) is 10.5. The van der Waals surface area contributed by atoms with E-state index in [1.807, 2.05) is 12.1 Å². The standard InChI is InChI=1S/C15H19BrN2O4/c1-21-8-7-17-15(20)10-18-14(19)6-3-11-9-12(16)4-5-13(11)22-2/h3-6,9H,7-8,10H2,1-2H3,(H,17,20)(H,18,19)/b6-3+. The third kappa shape index (κ3) is 6.73. The molecule has 6 nitrogen and oxygen atoms in total. The molecule has 0 aliphatic rings. The summed E-state index contributed by atoms with van der Waals surface area (Å²) in [5.41, 5.74) is 0.761. The summed E-state index contributed by atoms with van der Waals surface area (Å²) in [4.78, 5) is 23.1. The van der Waals surface area contributed by atoms with Crippen molar-refractivity contribution in [1.29, 1.82) is 0 Å². The molecule has 1 rings (SSSR count). The number of halogens is 1. The van der Waals surface area contributed by atoms with Gasteiger partial charge in [0.1, 0.15) is 5.75 Å². The zero-order valence-corrected chi connectivity index (χ0v) is 14.1. The van der Waals surface area contributed by atoms with Crippen molar-refractivity contribution in [3.63, 3.8) is 0 Å². The van der Waals surface area contributed by atoms with Gasteiger partial charge < -0.3 is 20.1 Å². The van der Waals surface area contributed by atoms with Gasteiger partial charge in [-0.1, -0.05) is 15.9 Å². The van der Waals surface area contributed by atoms with Gasteiger partial charge in [-0.15, -0.1) is 0 Å². The molecule has 2 N–H and O–H groups in total. The Bertz CT molecular complexity index is 546. The molecule has 0 aliphatic heterocycles. The Morgan fingerprint density at radius 2 is 2.05 bits per heavy atom. The van der Waals surface area contributed by atoms with Gasteiger partial charge in [-0.05, 0) is 24.3 Å². The fourth-order valence-electron chi connectivity index (χ4n) is 1.58. The summed E-state index contributed by atoms with van der Waals surface area (Å²) in [6, 6.07) is 5.48. The molecule has 0 bridgehead atoms. The first kappa shape index (κ1) is 18.2. The molecule has 1 aromatic rings. The van der Waals surface area contributed by atoms with Crippen LogP contribution in [0.4, 0.5) is 0 Å². The predicted octanol–water partition coefficient (Wildman–Crippen LogP) is 1.35. The van der Waals surface area contributed by atoms with Gasteiger partial charge in [0.05, 0.1) is 20.3 Å². The van der Waals surface area contributed by atoms with E-state index in [2.05, 4.69) is 26.6 Å². The molecule has 2 amide bonds. The van der Waals surface area contributed by atoms with Gasteiger partial charge in [0, 0.05) is 29.8 Å². The monoisotopic (exact) mass is 370 g/mol. The van der Waals surface area contributed by atoms with Crippen LogP contribution in [0.3, 0.4) is 0 Å². The van der Waals surface area contributed by atoms with E-state index in [1.165, 1.54) is 6.08 Å². The Hall–Kier alpha value is -1.86. The van der Waals surface area contributed by atoms with Crippen molar-refractivity contribution in [3.05, 3.63) is 34.3 Å². The summed E-state index contributed by atoms with van der Waals surface area (Å²) >= 11 is 3.36. The van der Waals surface area contributed by atoms with Gasteiger partial charge in [-0.3, -0.25) is 9.59 Å². The number of benzene rings is 1. The highest BCUT2D eigenvalue weighted by Crippen LogP contribution is 2.23. The number of hydrogen-bond donors (Lipinski definition) is 2. The number of carbonyl (C=O) groups is 2. The Labute approximate surface area is 138 Å². The predicted molar refractivity (Wildman–Crippen MR) is 87.6 cm³/mol. The second kappa shape index (κ2) is 9.97. The van der Waals surface area contributed by atoms with E-state index < -0.39 is 0 Å². The van der Waals surface area contributed by atoms with Crippen LogP contribution in [0.1, 0.15) is 5.56 Å². The van der Waals surface area contributed by atoms with Crippen LogP contribution >= 0.6 is 15.9 Å². The van der Waals surface area contributed by atoms with Crippen LogP contribution in [-0.2, 0) is 14.3 Å². The first-order valence-corrected chi connectivity index (χ1v) is 7.41. The average molecular weight is 371 g/mol. The third-order valence-electron chi connectivity index (χ3n) is 2.66. The van der Waals surface area contributed by atoms with Crippen molar-refractivity contribution in [2.24, 2.45) is 0 Å². The second-order valence-electron chi connectivity index (χ2n) is 4.28. The zero-order valence-electron chi connectivity index (χ0n) is 12.5. The van der Waals surface area contributed by atoms with Crippen molar-refractivity contribution in [3.8, 4) is 5.75 Å². The van der Waals surface area contributed by atoms with E-state index in [0.29, 0.717) is 18.9 Å². The second-order valence-corrected chi connectivity index (χ2v) is 5.20. The molecule has 0 aromatic heterocycles. The summed E-state index contributed by atoms with van der Waals surface area (Å²) in [5, 5.41) is 5.11. The topological polar surface area (TPSA) is 76.7 Å². The smallest absolute Gasteiger partial charge is 0.244 e. The highest BCUT2D eigenvalue weighted by atomic mass is 79.9. The minimum Gasteiger partial charge on any atom is -0.496 e.